The molecule has 0 aromatic heterocycles. The second-order valence-electron chi connectivity index (χ2n) is 5.89. The maximum atomic E-state index is 13.4. The molecule has 5 N–H and O–H groups in total. The Balaban J connectivity index is 1.83. The minimum atomic E-state index is -1.54. The van der Waals surface area contributed by atoms with Crippen LogP contribution in [0.5, 0.6) is 0 Å². The predicted molar refractivity (Wildman–Crippen MR) is 95.1 cm³/mol. The van der Waals surface area contributed by atoms with E-state index in [2.05, 4.69) is 5.32 Å². The monoisotopic (exact) mass is 376 g/mol. The number of nitrogens with two attached hydrogens (primary N) is 1. The van der Waals surface area contributed by atoms with Crippen molar-refractivity contribution in [3.63, 3.8) is 0 Å². The number of benzene rings is 2. The number of alkyl carbamates (subject to hydrolysis) is 1. The number of ether oxygens (including phenoxy) is 1. The van der Waals surface area contributed by atoms with Crippen LogP contribution in [0.4, 0.5) is 9.18 Å². The molecular weight excluding hydrogens is 355 g/mol. The van der Waals surface area contributed by atoms with Gasteiger partial charge in [0.2, 0.25) is 5.91 Å². The Morgan fingerprint density at radius 3 is 2.52 bits per heavy atom. The zero-order valence-electron chi connectivity index (χ0n) is 14.5. The maximum Gasteiger partial charge on any atom is 0.407 e. The first-order valence-electron chi connectivity index (χ1n) is 8.28. The number of nitrogens with one attached hydrogen (secondary N) is 1. The zero-order valence-corrected chi connectivity index (χ0v) is 14.5. The Bertz CT molecular complexity index is 785. The molecule has 0 saturated heterocycles. The van der Waals surface area contributed by atoms with Gasteiger partial charge in [0.15, 0.2) is 0 Å². The smallest absolute Gasteiger partial charge is 0.407 e. The highest BCUT2D eigenvalue weighted by molar-refractivity contribution is 5.94. The Morgan fingerprint density at radius 1 is 1.15 bits per heavy atom. The summed E-state index contributed by atoms with van der Waals surface area (Å²) in [6.45, 7) is 0.107. The van der Waals surface area contributed by atoms with E-state index in [-0.39, 0.29) is 30.7 Å². The fraction of sp³-hybridized carbons (Fsp3) is 0.263. The Kier molecular flexibility index (Phi) is 7.27. The molecule has 0 saturated carbocycles. The van der Waals surface area contributed by atoms with Gasteiger partial charge < -0.3 is 26.0 Å². The highest BCUT2D eigenvalue weighted by Crippen LogP contribution is 2.23. The third-order valence-electron chi connectivity index (χ3n) is 3.88. The van der Waals surface area contributed by atoms with Crippen molar-refractivity contribution in [1.29, 1.82) is 0 Å². The van der Waals surface area contributed by atoms with Gasteiger partial charge >= 0.3 is 6.09 Å². The van der Waals surface area contributed by atoms with Gasteiger partial charge in [0.25, 0.3) is 0 Å². The van der Waals surface area contributed by atoms with Crippen molar-refractivity contribution in [2.75, 3.05) is 6.54 Å². The van der Waals surface area contributed by atoms with Gasteiger partial charge in [-0.3, -0.25) is 4.79 Å². The van der Waals surface area contributed by atoms with Crippen LogP contribution in [0, 0.1) is 5.82 Å². The zero-order chi connectivity index (χ0) is 19.8. The lowest BCUT2D eigenvalue weighted by atomic mass is 9.96. The van der Waals surface area contributed by atoms with Gasteiger partial charge in [-0.2, -0.15) is 0 Å². The molecule has 144 valence electrons. The molecule has 2 atom stereocenters. The van der Waals surface area contributed by atoms with Crippen LogP contribution in [-0.2, 0) is 11.3 Å². The minimum Gasteiger partial charge on any atom is -0.445 e. The molecule has 2 aromatic rings. The molecule has 0 spiro atoms. The number of carbonyl (C=O) groups is 2. The average molecular weight is 376 g/mol. The van der Waals surface area contributed by atoms with E-state index in [1.165, 1.54) is 0 Å². The number of aliphatic hydroxyl groups is 2. The van der Waals surface area contributed by atoms with Gasteiger partial charge in [-0.25, -0.2) is 9.18 Å². The lowest BCUT2D eigenvalue weighted by molar-refractivity contribution is 0.0130. The summed E-state index contributed by atoms with van der Waals surface area (Å²) in [7, 11) is 0. The summed E-state index contributed by atoms with van der Waals surface area (Å²) >= 11 is 0. The lowest BCUT2D eigenvalue weighted by Crippen LogP contribution is -2.30. The molecule has 0 heterocycles. The highest BCUT2D eigenvalue weighted by atomic mass is 19.1. The number of primary amides is 1. The number of halogens is 1. The highest BCUT2D eigenvalue weighted by Gasteiger charge is 2.23. The van der Waals surface area contributed by atoms with Crippen LogP contribution in [0.15, 0.2) is 48.5 Å². The summed E-state index contributed by atoms with van der Waals surface area (Å²) in [5.41, 5.74) is 5.83. The predicted octanol–water partition coefficient (Wildman–Crippen LogP) is 1.64. The van der Waals surface area contributed by atoms with E-state index in [4.69, 9.17) is 10.5 Å². The lowest BCUT2D eigenvalue weighted by Gasteiger charge is -2.20. The summed E-state index contributed by atoms with van der Waals surface area (Å²) in [5.74, 6) is -1.53. The quantitative estimate of drug-likeness (QED) is 0.558. The van der Waals surface area contributed by atoms with Crippen molar-refractivity contribution < 1.29 is 28.9 Å². The third-order valence-corrected chi connectivity index (χ3v) is 3.88. The Labute approximate surface area is 155 Å². The van der Waals surface area contributed by atoms with Crippen molar-refractivity contribution in [2.45, 2.75) is 25.2 Å². The molecule has 2 rings (SSSR count). The number of aliphatic hydroxyl groups excluding tert-OH is 2. The molecule has 0 aliphatic heterocycles. The number of amides is 2. The van der Waals surface area contributed by atoms with Crippen molar-refractivity contribution >= 4 is 12.0 Å². The van der Waals surface area contributed by atoms with E-state index in [1.807, 2.05) is 30.3 Å². The normalized spacial score (nSPS) is 12.9. The van der Waals surface area contributed by atoms with E-state index in [1.54, 1.807) is 0 Å². The number of hydrogen-bond donors (Lipinski definition) is 4. The van der Waals surface area contributed by atoms with E-state index >= 15 is 0 Å². The van der Waals surface area contributed by atoms with E-state index in [0.29, 0.717) is 0 Å². The number of carbonyl (C=O) groups excluding carboxylic acids is 2. The molecule has 2 amide bonds. The van der Waals surface area contributed by atoms with Gasteiger partial charge in [-0.1, -0.05) is 30.3 Å². The van der Waals surface area contributed by atoms with Gasteiger partial charge in [-0.15, -0.1) is 0 Å². The fourth-order valence-corrected chi connectivity index (χ4v) is 2.46. The van der Waals surface area contributed by atoms with Crippen LogP contribution in [0.25, 0.3) is 0 Å². The molecule has 0 aliphatic carbocycles. The molecule has 0 fully saturated rings. The van der Waals surface area contributed by atoms with Crippen LogP contribution in [-0.4, -0.2) is 34.9 Å². The van der Waals surface area contributed by atoms with Crippen LogP contribution in [0.1, 0.15) is 34.0 Å². The van der Waals surface area contributed by atoms with Gasteiger partial charge in [0.1, 0.15) is 18.5 Å². The van der Waals surface area contributed by atoms with Crippen molar-refractivity contribution in [3.8, 4) is 0 Å². The molecule has 27 heavy (non-hydrogen) atoms. The molecule has 0 bridgehead atoms. The van der Waals surface area contributed by atoms with E-state index in [9.17, 15) is 24.2 Å². The molecule has 2 unspecified atom stereocenters. The van der Waals surface area contributed by atoms with Crippen molar-refractivity contribution in [1.82, 2.24) is 5.32 Å². The van der Waals surface area contributed by atoms with E-state index < -0.39 is 30.0 Å². The van der Waals surface area contributed by atoms with E-state index in [0.717, 1.165) is 23.8 Å². The van der Waals surface area contributed by atoms with Crippen molar-refractivity contribution in [3.05, 3.63) is 71.0 Å². The second-order valence-corrected chi connectivity index (χ2v) is 5.89. The third kappa shape index (κ3) is 6.05. The molecule has 0 radical (unpaired) electrons. The van der Waals surface area contributed by atoms with Gasteiger partial charge in [0, 0.05) is 12.1 Å². The molecule has 7 nitrogen and oxygen atoms in total. The SMILES string of the molecule is NC(=O)c1ccc(F)cc1C(O)C(O)CCNC(=O)OCc1ccccc1. The first kappa shape index (κ1) is 20.3. The van der Waals surface area contributed by atoms with Gasteiger partial charge in [-0.05, 0) is 35.7 Å². The summed E-state index contributed by atoms with van der Waals surface area (Å²) in [6.07, 6.45) is -3.61. The van der Waals surface area contributed by atoms with Crippen LogP contribution >= 0.6 is 0 Å². The standard InChI is InChI=1S/C19H21FN2O5/c20-13-6-7-14(18(21)25)15(10-13)17(24)16(23)8-9-22-19(26)27-11-12-4-2-1-3-5-12/h1-7,10,16-17,23-24H,8-9,11H2,(H2,21,25)(H,22,26). The first-order chi connectivity index (χ1) is 12.9. The Morgan fingerprint density at radius 2 is 1.85 bits per heavy atom. The molecular formula is C19H21FN2O5. The summed E-state index contributed by atoms with van der Waals surface area (Å²) in [6, 6.07) is 12.2. The number of hydrogen-bond acceptors (Lipinski definition) is 5. The van der Waals surface area contributed by atoms with Crippen LogP contribution in [0.2, 0.25) is 0 Å². The average Bonchev–Trinajstić information content (AvgIpc) is 2.66. The fourth-order valence-electron chi connectivity index (χ4n) is 2.46. The minimum absolute atomic E-state index is 0.00701. The largest absolute Gasteiger partial charge is 0.445 e. The van der Waals surface area contributed by atoms with Crippen molar-refractivity contribution in [2.24, 2.45) is 5.73 Å². The summed E-state index contributed by atoms with van der Waals surface area (Å²) in [5, 5.41) is 22.7. The molecule has 8 heteroatoms. The van der Waals surface area contributed by atoms with Crippen LogP contribution < -0.4 is 11.1 Å². The number of rotatable bonds is 8. The molecule has 2 aromatic carbocycles. The topological polar surface area (TPSA) is 122 Å². The van der Waals surface area contributed by atoms with Gasteiger partial charge in [0.05, 0.1) is 6.10 Å². The second kappa shape index (κ2) is 9.65. The summed E-state index contributed by atoms with van der Waals surface area (Å²) < 4.78 is 18.4. The summed E-state index contributed by atoms with van der Waals surface area (Å²) in [4.78, 5) is 23.0. The first-order valence-corrected chi connectivity index (χ1v) is 8.28. The maximum absolute atomic E-state index is 13.4. The Hall–Kier alpha value is -2.97. The van der Waals surface area contributed by atoms with Crippen LogP contribution in [0.3, 0.4) is 0 Å². The molecule has 0 aliphatic rings.